The molecule has 1 saturated heterocycles. The van der Waals surface area contributed by atoms with Gasteiger partial charge in [0.1, 0.15) is 0 Å². The average molecular weight is 141 g/mol. The van der Waals surface area contributed by atoms with Crippen LogP contribution in [0.1, 0.15) is 6.42 Å². The standard InChI is InChI=1S/C7H11NO2/c1-2-10-7(9)3-4-8-5-6-8/h2H,1,3-6H2. The van der Waals surface area contributed by atoms with Gasteiger partial charge in [0.15, 0.2) is 0 Å². The Labute approximate surface area is 60.3 Å². The van der Waals surface area contributed by atoms with Gasteiger partial charge in [0.25, 0.3) is 0 Å². The lowest BCUT2D eigenvalue weighted by molar-refractivity contribution is -0.138. The molecule has 1 rings (SSSR count). The van der Waals surface area contributed by atoms with Gasteiger partial charge < -0.3 is 9.64 Å². The Hall–Kier alpha value is -0.830. The van der Waals surface area contributed by atoms with Gasteiger partial charge in [-0.25, -0.2) is 0 Å². The van der Waals surface area contributed by atoms with Crippen LogP contribution >= 0.6 is 0 Å². The lowest BCUT2D eigenvalue weighted by atomic mass is 10.4. The lowest BCUT2D eigenvalue weighted by Gasteiger charge is -1.97. The molecule has 0 saturated carbocycles. The van der Waals surface area contributed by atoms with Crippen molar-refractivity contribution in [2.45, 2.75) is 6.42 Å². The Bertz CT molecular complexity index is 141. The summed E-state index contributed by atoms with van der Waals surface area (Å²) < 4.78 is 4.52. The molecular weight excluding hydrogens is 130 g/mol. The van der Waals surface area contributed by atoms with Crippen molar-refractivity contribution in [3.8, 4) is 0 Å². The number of esters is 1. The first-order valence-electron chi connectivity index (χ1n) is 3.35. The van der Waals surface area contributed by atoms with Gasteiger partial charge in [0.2, 0.25) is 0 Å². The van der Waals surface area contributed by atoms with Crippen LogP contribution in [0.2, 0.25) is 0 Å². The fourth-order valence-electron chi connectivity index (χ4n) is 0.696. The van der Waals surface area contributed by atoms with Gasteiger partial charge in [-0.15, -0.1) is 0 Å². The Morgan fingerprint density at radius 3 is 2.90 bits per heavy atom. The molecule has 0 spiro atoms. The maximum atomic E-state index is 10.7. The molecule has 0 aromatic carbocycles. The van der Waals surface area contributed by atoms with Crippen LogP contribution in [0.3, 0.4) is 0 Å². The number of carbonyl (C=O) groups excluding carboxylic acids is 1. The van der Waals surface area contributed by atoms with Gasteiger partial charge in [-0.05, 0) is 0 Å². The van der Waals surface area contributed by atoms with Gasteiger partial charge in [0.05, 0.1) is 12.7 Å². The van der Waals surface area contributed by atoms with E-state index >= 15 is 0 Å². The fourth-order valence-corrected chi connectivity index (χ4v) is 0.696. The predicted molar refractivity (Wildman–Crippen MR) is 37.3 cm³/mol. The van der Waals surface area contributed by atoms with Crippen LogP contribution in [0.15, 0.2) is 12.8 Å². The molecule has 56 valence electrons. The summed E-state index contributed by atoms with van der Waals surface area (Å²) in [6, 6.07) is 0. The summed E-state index contributed by atoms with van der Waals surface area (Å²) in [4.78, 5) is 12.8. The Morgan fingerprint density at radius 1 is 1.70 bits per heavy atom. The maximum absolute atomic E-state index is 10.7. The van der Waals surface area contributed by atoms with E-state index in [0.29, 0.717) is 6.42 Å². The molecule has 0 bridgehead atoms. The SMILES string of the molecule is C=COC(=O)CCN1CC1. The summed E-state index contributed by atoms with van der Waals surface area (Å²) >= 11 is 0. The molecule has 0 amide bonds. The molecule has 0 aliphatic carbocycles. The van der Waals surface area contributed by atoms with Gasteiger partial charge >= 0.3 is 5.97 Å². The van der Waals surface area contributed by atoms with E-state index in [9.17, 15) is 4.79 Å². The monoisotopic (exact) mass is 141 g/mol. The Balaban J connectivity index is 1.99. The van der Waals surface area contributed by atoms with E-state index in [1.54, 1.807) is 0 Å². The number of hydrogen-bond donors (Lipinski definition) is 0. The summed E-state index contributed by atoms with van der Waals surface area (Å²) in [5.41, 5.74) is 0. The second-order valence-corrected chi connectivity index (χ2v) is 2.25. The summed E-state index contributed by atoms with van der Waals surface area (Å²) in [5, 5.41) is 0. The smallest absolute Gasteiger partial charge is 0.311 e. The van der Waals surface area contributed by atoms with Crippen molar-refractivity contribution in [3.05, 3.63) is 12.8 Å². The Kier molecular flexibility index (Phi) is 2.45. The largest absolute Gasteiger partial charge is 0.435 e. The van der Waals surface area contributed by atoms with E-state index in [1.807, 2.05) is 0 Å². The van der Waals surface area contributed by atoms with Gasteiger partial charge in [0, 0.05) is 19.6 Å². The van der Waals surface area contributed by atoms with E-state index in [2.05, 4.69) is 16.2 Å². The minimum absolute atomic E-state index is 0.193. The number of hydrogen-bond acceptors (Lipinski definition) is 3. The minimum atomic E-state index is -0.193. The predicted octanol–water partition coefficient (Wildman–Crippen LogP) is 0.379. The van der Waals surface area contributed by atoms with Crippen molar-refractivity contribution in [1.29, 1.82) is 0 Å². The van der Waals surface area contributed by atoms with Crippen LogP contribution in [-0.2, 0) is 9.53 Å². The number of ether oxygens (including phenoxy) is 1. The van der Waals surface area contributed by atoms with Gasteiger partial charge in [-0.3, -0.25) is 4.79 Å². The molecule has 0 atom stereocenters. The molecular formula is C7H11NO2. The topological polar surface area (TPSA) is 29.3 Å². The van der Waals surface area contributed by atoms with Gasteiger partial charge in [-0.2, -0.15) is 0 Å². The van der Waals surface area contributed by atoms with E-state index < -0.39 is 0 Å². The van der Waals surface area contributed by atoms with Crippen LogP contribution in [0.25, 0.3) is 0 Å². The van der Waals surface area contributed by atoms with Crippen molar-refractivity contribution >= 4 is 5.97 Å². The summed E-state index contributed by atoms with van der Waals surface area (Å²) in [7, 11) is 0. The molecule has 10 heavy (non-hydrogen) atoms. The lowest BCUT2D eigenvalue weighted by Crippen LogP contribution is -2.07. The molecule has 3 heteroatoms. The Morgan fingerprint density at radius 2 is 2.40 bits per heavy atom. The van der Waals surface area contributed by atoms with Crippen molar-refractivity contribution in [2.75, 3.05) is 19.6 Å². The second kappa shape index (κ2) is 3.37. The van der Waals surface area contributed by atoms with Crippen LogP contribution < -0.4 is 0 Å². The highest BCUT2D eigenvalue weighted by molar-refractivity contribution is 5.70. The molecule has 0 aromatic rings. The second-order valence-electron chi connectivity index (χ2n) is 2.25. The maximum Gasteiger partial charge on any atom is 0.311 e. The normalized spacial score (nSPS) is 16.4. The first-order chi connectivity index (χ1) is 4.83. The van der Waals surface area contributed by atoms with Crippen LogP contribution in [-0.4, -0.2) is 30.5 Å². The van der Waals surface area contributed by atoms with E-state index in [0.717, 1.165) is 19.6 Å². The molecule has 0 unspecified atom stereocenters. The van der Waals surface area contributed by atoms with Crippen molar-refractivity contribution < 1.29 is 9.53 Å². The first-order valence-corrected chi connectivity index (χ1v) is 3.35. The molecule has 0 radical (unpaired) electrons. The molecule has 1 heterocycles. The highest BCUT2D eigenvalue weighted by atomic mass is 16.5. The fraction of sp³-hybridized carbons (Fsp3) is 0.571. The molecule has 3 nitrogen and oxygen atoms in total. The molecule has 0 aromatic heterocycles. The van der Waals surface area contributed by atoms with Crippen LogP contribution in [0.4, 0.5) is 0 Å². The van der Waals surface area contributed by atoms with Crippen molar-refractivity contribution in [3.63, 3.8) is 0 Å². The van der Waals surface area contributed by atoms with Crippen LogP contribution in [0.5, 0.6) is 0 Å². The third-order valence-electron chi connectivity index (χ3n) is 1.39. The van der Waals surface area contributed by atoms with Gasteiger partial charge in [-0.1, -0.05) is 6.58 Å². The van der Waals surface area contributed by atoms with Crippen LogP contribution in [0, 0.1) is 0 Å². The summed E-state index contributed by atoms with van der Waals surface area (Å²) in [5.74, 6) is -0.193. The zero-order valence-corrected chi connectivity index (χ0v) is 5.88. The molecule has 1 fully saturated rings. The number of nitrogens with zero attached hydrogens (tertiary/aromatic N) is 1. The highest BCUT2D eigenvalue weighted by Gasteiger charge is 2.17. The van der Waals surface area contributed by atoms with E-state index in [1.165, 1.54) is 6.26 Å². The third kappa shape index (κ3) is 2.64. The number of carbonyl (C=O) groups is 1. The zero-order chi connectivity index (χ0) is 7.40. The highest BCUT2D eigenvalue weighted by Crippen LogP contribution is 2.03. The quantitative estimate of drug-likeness (QED) is 0.322. The molecule has 1 aliphatic heterocycles. The third-order valence-corrected chi connectivity index (χ3v) is 1.39. The average Bonchev–Trinajstić information content (AvgIpc) is 2.67. The minimum Gasteiger partial charge on any atom is -0.435 e. The van der Waals surface area contributed by atoms with Crippen molar-refractivity contribution in [1.82, 2.24) is 4.90 Å². The number of rotatable bonds is 4. The molecule has 0 N–H and O–H groups in total. The first kappa shape index (κ1) is 7.28. The summed E-state index contributed by atoms with van der Waals surface area (Å²) in [6.45, 7) is 6.37. The summed E-state index contributed by atoms with van der Waals surface area (Å²) in [6.07, 6.45) is 1.65. The van der Waals surface area contributed by atoms with Crippen molar-refractivity contribution in [2.24, 2.45) is 0 Å². The van der Waals surface area contributed by atoms with E-state index in [4.69, 9.17) is 0 Å². The molecule has 1 aliphatic rings. The van der Waals surface area contributed by atoms with E-state index in [-0.39, 0.29) is 5.97 Å². The zero-order valence-electron chi connectivity index (χ0n) is 5.88.